The molecule has 18 heavy (non-hydrogen) atoms. The number of anilines is 1. The number of rotatable bonds is 5. The number of amides is 1. The third-order valence-corrected chi connectivity index (χ3v) is 3.44. The highest BCUT2D eigenvalue weighted by atomic mass is 32.2. The zero-order valence-corrected chi connectivity index (χ0v) is 10.2. The average Bonchev–Trinajstić information content (AvgIpc) is 2.37. The molecule has 0 aliphatic heterocycles. The summed E-state index contributed by atoms with van der Waals surface area (Å²) >= 11 is 0. The van der Waals surface area contributed by atoms with Crippen LogP contribution in [0.4, 0.5) is 5.69 Å². The SMILES string of the molecule is O=[C]NCS(=O)(=O)Nc1cccc2ccccc12. The summed E-state index contributed by atoms with van der Waals surface area (Å²) < 4.78 is 25.7. The lowest BCUT2D eigenvalue weighted by atomic mass is 10.1. The number of fused-ring (bicyclic) bond motifs is 1. The molecular weight excluding hydrogens is 252 g/mol. The minimum atomic E-state index is -3.61. The van der Waals surface area contributed by atoms with E-state index < -0.39 is 15.9 Å². The Kier molecular flexibility index (Phi) is 3.47. The molecule has 1 amide bonds. The molecule has 2 N–H and O–H groups in total. The van der Waals surface area contributed by atoms with Gasteiger partial charge in [-0.2, -0.15) is 0 Å². The van der Waals surface area contributed by atoms with Gasteiger partial charge in [-0.15, -0.1) is 0 Å². The van der Waals surface area contributed by atoms with E-state index >= 15 is 0 Å². The molecule has 0 heterocycles. The van der Waals surface area contributed by atoms with Crippen LogP contribution in [0.3, 0.4) is 0 Å². The van der Waals surface area contributed by atoms with Gasteiger partial charge in [0.15, 0.2) is 0 Å². The van der Waals surface area contributed by atoms with E-state index in [0.717, 1.165) is 10.8 Å². The first-order valence-electron chi connectivity index (χ1n) is 5.21. The fourth-order valence-corrected chi connectivity index (χ4v) is 2.48. The highest BCUT2D eigenvalue weighted by Gasteiger charge is 2.11. The Labute approximate surface area is 105 Å². The quantitative estimate of drug-likeness (QED) is 0.796. The highest BCUT2D eigenvalue weighted by molar-refractivity contribution is 7.92. The molecule has 0 aliphatic rings. The maximum Gasteiger partial charge on any atom is 0.310 e. The van der Waals surface area contributed by atoms with Gasteiger partial charge >= 0.3 is 6.41 Å². The standard InChI is InChI=1S/C12H11N2O3S/c15-8-13-9-18(16,17)14-12-7-3-5-10-4-1-2-6-11(10)12/h1-7,14H,9H2,(H,13,15). The lowest BCUT2D eigenvalue weighted by Gasteiger charge is -2.09. The predicted molar refractivity (Wildman–Crippen MR) is 70.2 cm³/mol. The van der Waals surface area contributed by atoms with Crippen molar-refractivity contribution in [1.29, 1.82) is 0 Å². The van der Waals surface area contributed by atoms with Gasteiger partial charge in [-0.05, 0) is 11.5 Å². The first-order valence-corrected chi connectivity index (χ1v) is 6.86. The van der Waals surface area contributed by atoms with Crippen LogP contribution in [0.5, 0.6) is 0 Å². The van der Waals surface area contributed by atoms with Crippen molar-refractivity contribution in [3.8, 4) is 0 Å². The van der Waals surface area contributed by atoms with Crippen molar-refractivity contribution < 1.29 is 13.2 Å². The van der Waals surface area contributed by atoms with E-state index in [9.17, 15) is 13.2 Å². The molecule has 2 aromatic rings. The van der Waals surface area contributed by atoms with Crippen molar-refractivity contribution in [1.82, 2.24) is 5.32 Å². The monoisotopic (exact) mass is 263 g/mol. The fourth-order valence-electron chi connectivity index (χ4n) is 1.64. The number of benzene rings is 2. The van der Waals surface area contributed by atoms with Crippen molar-refractivity contribution in [3.63, 3.8) is 0 Å². The van der Waals surface area contributed by atoms with Crippen molar-refractivity contribution in [2.45, 2.75) is 0 Å². The van der Waals surface area contributed by atoms with Crippen LogP contribution in [0.15, 0.2) is 42.5 Å². The van der Waals surface area contributed by atoms with E-state index in [2.05, 4.69) is 4.72 Å². The Morgan fingerprint density at radius 2 is 1.78 bits per heavy atom. The average molecular weight is 263 g/mol. The van der Waals surface area contributed by atoms with Crippen LogP contribution in [0.2, 0.25) is 0 Å². The number of sulfonamides is 1. The van der Waals surface area contributed by atoms with Crippen LogP contribution in [0, 0.1) is 0 Å². The molecule has 0 saturated carbocycles. The summed E-state index contributed by atoms with van der Waals surface area (Å²) in [6, 6.07) is 12.8. The zero-order valence-electron chi connectivity index (χ0n) is 9.38. The molecule has 0 fully saturated rings. The number of hydrogen-bond acceptors (Lipinski definition) is 3. The topological polar surface area (TPSA) is 75.3 Å². The van der Waals surface area contributed by atoms with Crippen LogP contribution in [0.25, 0.3) is 10.8 Å². The Morgan fingerprint density at radius 1 is 1.06 bits per heavy atom. The summed E-state index contributed by atoms with van der Waals surface area (Å²) in [6.45, 7) is 0. The van der Waals surface area contributed by atoms with E-state index in [-0.39, 0.29) is 0 Å². The van der Waals surface area contributed by atoms with E-state index in [1.807, 2.05) is 35.6 Å². The van der Waals surface area contributed by atoms with E-state index in [1.54, 1.807) is 12.1 Å². The zero-order chi connectivity index (χ0) is 13.0. The number of nitrogens with one attached hydrogen (secondary N) is 2. The molecule has 0 aromatic heterocycles. The fraction of sp³-hybridized carbons (Fsp3) is 0.0833. The Morgan fingerprint density at radius 3 is 2.56 bits per heavy atom. The van der Waals surface area contributed by atoms with E-state index in [0.29, 0.717) is 5.69 Å². The first-order chi connectivity index (χ1) is 8.62. The Hall–Kier alpha value is -2.08. The van der Waals surface area contributed by atoms with E-state index in [4.69, 9.17) is 0 Å². The minimum absolute atomic E-state index is 0.487. The van der Waals surface area contributed by atoms with Crippen LogP contribution in [0.1, 0.15) is 0 Å². The van der Waals surface area contributed by atoms with Gasteiger partial charge < -0.3 is 5.32 Å². The van der Waals surface area contributed by atoms with Crippen molar-refractivity contribution >= 4 is 32.9 Å². The van der Waals surface area contributed by atoms with Crippen molar-refractivity contribution in [3.05, 3.63) is 42.5 Å². The molecule has 0 aliphatic carbocycles. The van der Waals surface area contributed by atoms with Gasteiger partial charge in [-0.1, -0.05) is 36.4 Å². The smallest absolute Gasteiger partial charge is 0.310 e. The summed E-state index contributed by atoms with van der Waals surface area (Å²) in [6.07, 6.45) is 1.33. The van der Waals surface area contributed by atoms with Crippen LogP contribution in [-0.4, -0.2) is 20.7 Å². The molecule has 0 spiro atoms. The molecule has 0 saturated heterocycles. The van der Waals surface area contributed by atoms with Gasteiger partial charge in [0.1, 0.15) is 5.88 Å². The van der Waals surface area contributed by atoms with Gasteiger partial charge in [0.2, 0.25) is 0 Å². The Bertz CT molecular complexity index is 663. The predicted octanol–water partition coefficient (Wildman–Crippen LogP) is 1.20. The van der Waals surface area contributed by atoms with Crippen molar-refractivity contribution in [2.75, 3.05) is 10.6 Å². The second-order valence-electron chi connectivity index (χ2n) is 3.67. The van der Waals surface area contributed by atoms with Gasteiger partial charge in [-0.25, -0.2) is 8.42 Å². The molecular formula is C12H11N2O3S. The van der Waals surface area contributed by atoms with Crippen LogP contribution < -0.4 is 10.0 Å². The van der Waals surface area contributed by atoms with Crippen LogP contribution in [-0.2, 0) is 14.8 Å². The summed E-state index contributed by atoms with van der Waals surface area (Å²) in [5, 5.41) is 3.74. The largest absolute Gasteiger partial charge is 0.332 e. The number of carbonyl (C=O) groups excluding carboxylic acids is 1. The lowest BCUT2D eigenvalue weighted by Crippen LogP contribution is -2.27. The van der Waals surface area contributed by atoms with Crippen LogP contribution >= 0.6 is 0 Å². The van der Waals surface area contributed by atoms with E-state index in [1.165, 1.54) is 6.41 Å². The first kappa shape index (κ1) is 12.4. The second-order valence-corrected chi connectivity index (χ2v) is 5.39. The normalized spacial score (nSPS) is 11.1. The summed E-state index contributed by atoms with van der Waals surface area (Å²) in [5.74, 6) is -0.500. The van der Waals surface area contributed by atoms with Gasteiger partial charge in [0, 0.05) is 5.39 Å². The highest BCUT2D eigenvalue weighted by Crippen LogP contribution is 2.23. The minimum Gasteiger partial charge on any atom is -0.332 e. The molecule has 2 rings (SSSR count). The molecule has 2 aromatic carbocycles. The maximum absolute atomic E-state index is 11.7. The molecule has 0 unspecified atom stereocenters. The molecule has 6 heteroatoms. The molecule has 5 nitrogen and oxygen atoms in total. The summed E-state index contributed by atoms with van der Waals surface area (Å²) in [4.78, 5) is 9.99. The second kappa shape index (κ2) is 5.05. The molecule has 1 radical (unpaired) electrons. The molecule has 0 bridgehead atoms. The third kappa shape index (κ3) is 2.78. The molecule has 0 atom stereocenters. The number of hydrogen-bond donors (Lipinski definition) is 2. The van der Waals surface area contributed by atoms with Gasteiger partial charge in [0.25, 0.3) is 10.0 Å². The third-order valence-electron chi connectivity index (χ3n) is 2.39. The molecule has 93 valence electrons. The Balaban J connectivity index is 2.35. The van der Waals surface area contributed by atoms with Gasteiger partial charge in [0.05, 0.1) is 5.69 Å². The lowest BCUT2D eigenvalue weighted by molar-refractivity contribution is 0.544. The van der Waals surface area contributed by atoms with Gasteiger partial charge in [-0.3, -0.25) is 9.52 Å². The maximum atomic E-state index is 11.7. The summed E-state index contributed by atoms with van der Waals surface area (Å²) in [7, 11) is -3.61. The summed E-state index contributed by atoms with van der Waals surface area (Å²) in [5.41, 5.74) is 0.487. The van der Waals surface area contributed by atoms with Crippen molar-refractivity contribution in [2.24, 2.45) is 0 Å².